The van der Waals surface area contributed by atoms with Gasteiger partial charge in [-0.1, -0.05) is 24.1 Å². The van der Waals surface area contributed by atoms with Crippen LogP contribution in [-0.4, -0.2) is 13.1 Å². The molecule has 1 unspecified atom stereocenters. The second-order valence-electron chi connectivity index (χ2n) is 4.07. The lowest BCUT2D eigenvalue weighted by Gasteiger charge is -2.28. The number of hydrogen-bond donors (Lipinski definition) is 0. The highest BCUT2D eigenvalue weighted by Gasteiger charge is 2.25. The number of hydrogen-bond acceptors (Lipinski definition) is 2. The van der Waals surface area contributed by atoms with Crippen LogP contribution >= 0.6 is 0 Å². The van der Waals surface area contributed by atoms with Crippen LogP contribution in [0, 0.1) is 5.92 Å². The van der Waals surface area contributed by atoms with Crippen molar-refractivity contribution in [3.05, 3.63) is 23.3 Å². The first-order valence-corrected chi connectivity index (χ1v) is 5.29. The molecular weight excluding hydrogens is 176 g/mol. The molecule has 2 nitrogen and oxygen atoms in total. The molecule has 0 N–H and O–H groups in total. The van der Waals surface area contributed by atoms with Gasteiger partial charge in [0, 0.05) is 5.57 Å². The van der Waals surface area contributed by atoms with Crippen molar-refractivity contribution < 1.29 is 9.53 Å². The molecule has 0 amide bonds. The predicted molar refractivity (Wildman–Crippen MR) is 54.8 cm³/mol. The largest absolute Gasteiger partial charge is 0.466 e. The van der Waals surface area contributed by atoms with Crippen LogP contribution in [-0.2, 0) is 9.53 Å². The molecule has 1 fully saturated rings. The van der Waals surface area contributed by atoms with E-state index in [1.165, 1.54) is 38.4 Å². The maximum Gasteiger partial charge on any atom is 0.333 e. The first kappa shape index (κ1) is 9.50. The van der Waals surface area contributed by atoms with Crippen LogP contribution in [0.1, 0.15) is 32.1 Å². The van der Waals surface area contributed by atoms with Gasteiger partial charge >= 0.3 is 5.97 Å². The topological polar surface area (TPSA) is 26.3 Å². The van der Waals surface area contributed by atoms with Gasteiger partial charge in [-0.2, -0.15) is 0 Å². The van der Waals surface area contributed by atoms with E-state index in [1.807, 2.05) is 6.08 Å². The SMILES string of the molecule is COC(=O)C1=CC=C2CCCCC2C1. The maximum absolute atomic E-state index is 11.3. The maximum atomic E-state index is 11.3. The number of carbonyl (C=O) groups is 1. The molecule has 1 saturated carbocycles. The summed E-state index contributed by atoms with van der Waals surface area (Å²) >= 11 is 0. The molecule has 76 valence electrons. The Bertz CT molecular complexity index is 299. The average molecular weight is 192 g/mol. The number of rotatable bonds is 1. The number of carbonyl (C=O) groups excluding carboxylic acids is 1. The fourth-order valence-corrected chi connectivity index (χ4v) is 2.39. The Balaban J connectivity index is 2.13. The van der Waals surface area contributed by atoms with E-state index >= 15 is 0 Å². The van der Waals surface area contributed by atoms with E-state index in [0.29, 0.717) is 5.92 Å². The van der Waals surface area contributed by atoms with Crippen molar-refractivity contribution >= 4 is 5.97 Å². The Morgan fingerprint density at radius 3 is 3.07 bits per heavy atom. The molecule has 0 spiro atoms. The van der Waals surface area contributed by atoms with Gasteiger partial charge in [-0.15, -0.1) is 0 Å². The van der Waals surface area contributed by atoms with Gasteiger partial charge < -0.3 is 4.74 Å². The number of esters is 1. The third-order valence-corrected chi connectivity index (χ3v) is 3.20. The zero-order valence-corrected chi connectivity index (χ0v) is 8.58. The van der Waals surface area contributed by atoms with Crippen LogP contribution in [0.5, 0.6) is 0 Å². The summed E-state index contributed by atoms with van der Waals surface area (Å²) in [5.41, 5.74) is 2.37. The Labute approximate surface area is 84.6 Å². The summed E-state index contributed by atoms with van der Waals surface area (Å²) in [5, 5.41) is 0. The summed E-state index contributed by atoms with van der Waals surface area (Å²) in [6.45, 7) is 0. The lowest BCUT2D eigenvalue weighted by molar-refractivity contribution is -0.136. The number of fused-ring (bicyclic) bond motifs is 1. The zero-order chi connectivity index (χ0) is 9.97. The van der Waals surface area contributed by atoms with E-state index in [9.17, 15) is 4.79 Å². The molecule has 2 aliphatic rings. The van der Waals surface area contributed by atoms with Crippen LogP contribution in [0.15, 0.2) is 23.3 Å². The predicted octanol–water partition coefficient (Wildman–Crippen LogP) is 2.61. The highest BCUT2D eigenvalue weighted by Crippen LogP contribution is 2.36. The lowest BCUT2D eigenvalue weighted by Crippen LogP contribution is -2.17. The Morgan fingerprint density at radius 1 is 1.43 bits per heavy atom. The molecule has 2 aliphatic carbocycles. The molecule has 0 radical (unpaired) electrons. The lowest BCUT2D eigenvalue weighted by atomic mass is 9.77. The second-order valence-corrected chi connectivity index (χ2v) is 4.07. The van der Waals surface area contributed by atoms with E-state index in [0.717, 1.165) is 12.0 Å². The summed E-state index contributed by atoms with van der Waals surface area (Å²) in [6, 6.07) is 0. The van der Waals surface area contributed by atoms with Crippen molar-refractivity contribution in [1.29, 1.82) is 0 Å². The van der Waals surface area contributed by atoms with Crippen LogP contribution < -0.4 is 0 Å². The summed E-state index contributed by atoms with van der Waals surface area (Å²) in [6.07, 6.45) is 10.0. The molecule has 14 heavy (non-hydrogen) atoms. The molecule has 0 bridgehead atoms. The third kappa shape index (κ3) is 1.74. The molecule has 2 rings (SSSR count). The molecule has 0 saturated heterocycles. The standard InChI is InChI=1S/C12H16O2/c1-14-12(13)11-7-6-9-4-2-3-5-10(9)8-11/h6-7,10H,2-5,8H2,1H3. The molecular formula is C12H16O2. The fourth-order valence-electron chi connectivity index (χ4n) is 2.39. The number of allylic oxidation sites excluding steroid dienone is 3. The normalized spacial score (nSPS) is 25.9. The van der Waals surface area contributed by atoms with Gasteiger partial charge in [-0.3, -0.25) is 0 Å². The first-order chi connectivity index (χ1) is 6.81. The minimum absolute atomic E-state index is 0.161. The van der Waals surface area contributed by atoms with Crippen molar-refractivity contribution in [2.75, 3.05) is 7.11 Å². The molecule has 0 aromatic rings. The second kappa shape index (κ2) is 3.99. The van der Waals surface area contributed by atoms with Crippen molar-refractivity contribution in [2.45, 2.75) is 32.1 Å². The number of methoxy groups -OCH3 is 1. The summed E-state index contributed by atoms with van der Waals surface area (Å²) in [5.74, 6) is 0.453. The van der Waals surface area contributed by atoms with Gasteiger partial charge in [0.05, 0.1) is 7.11 Å². The monoisotopic (exact) mass is 192 g/mol. The Morgan fingerprint density at radius 2 is 2.29 bits per heavy atom. The van der Waals surface area contributed by atoms with Crippen molar-refractivity contribution in [2.24, 2.45) is 5.92 Å². The highest BCUT2D eigenvalue weighted by molar-refractivity contribution is 5.89. The summed E-state index contributed by atoms with van der Waals surface area (Å²) in [4.78, 5) is 11.3. The minimum atomic E-state index is -0.161. The third-order valence-electron chi connectivity index (χ3n) is 3.20. The van der Waals surface area contributed by atoms with E-state index < -0.39 is 0 Å². The zero-order valence-electron chi connectivity index (χ0n) is 8.58. The van der Waals surface area contributed by atoms with Gasteiger partial charge in [0.15, 0.2) is 0 Å². The summed E-state index contributed by atoms with van der Waals surface area (Å²) in [7, 11) is 1.45. The van der Waals surface area contributed by atoms with Crippen molar-refractivity contribution in [1.82, 2.24) is 0 Å². The Hall–Kier alpha value is -1.05. The van der Waals surface area contributed by atoms with Gasteiger partial charge in [-0.25, -0.2) is 4.79 Å². The fraction of sp³-hybridized carbons (Fsp3) is 0.583. The van der Waals surface area contributed by atoms with Crippen LogP contribution in [0.25, 0.3) is 0 Å². The molecule has 0 aromatic heterocycles. The van der Waals surface area contributed by atoms with Crippen molar-refractivity contribution in [3.8, 4) is 0 Å². The van der Waals surface area contributed by atoms with Crippen LogP contribution in [0.4, 0.5) is 0 Å². The smallest absolute Gasteiger partial charge is 0.333 e. The summed E-state index contributed by atoms with van der Waals surface area (Å²) < 4.78 is 4.73. The molecule has 0 aliphatic heterocycles. The molecule has 1 atom stereocenters. The molecule has 0 aromatic carbocycles. The quantitative estimate of drug-likeness (QED) is 0.597. The average Bonchev–Trinajstić information content (AvgIpc) is 2.27. The van der Waals surface area contributed by atoms with Gasteiger partial charge in [0.2, 0.25) is 0 Å². The van der Waals surface area contributed by atoms with Crippen LogP contribution in [0.2, 0.25) is 0 Å². The van der Waals surface area contributed by atoms with E-state index in [2.05, 4.69) is 6.08 Å². The highest BCUT2D eigenvalue weighted by atomic mass is 16.5. The van der Waals surface area contributed by atoms with Gasteiger partial charge in [-0.05, 0) is 31.6 Å². The van der Waals surface area contributed by atoms with Gasteiger partial charge in [0.25, 0.3) is 0 Å². The van der Waals surface area contributed by atoms with Crippen LogP contribution in [0.3, 0.4) is 0 Å². The molecule has 0 heterocycles. The van der Waals surface area contributed by atoms with Crippen molar-refractivity contribution in [3.63, 3.8) is 0 Å². The van der Waals surface area contributed by atoms with E-state index in [4.69, 9.17) is 4.74 Å². The number of ether oxygens (including phenoxy) is 1. The molecule has 2 heteroatoms. The Kier molecular flexibility index (Phi) is 2.71. The van der Waals surface area contributed by atoms with Gasteiger partial charge in [0.1, 0.15) is 0 Å². The van der Waals surface area contributed by atoms with E-state index in [-0.39, 0.29) is 5.97 Å². The minimum Gasteiger partial charge on any atom is -0.466 e. The van der Waals surface area contributed by atoms with E-state index in [1.54, 1.807) is 0 Å². The first-order valence-electron chi connectivity index (χ1n) is 5.29.